The average Bonchev–Trinajstić information content (AvgIpc) is 2.30. The zero-order valence-electron chi connectivity index (χ0n) is 9.01. The van der Waals surface area contributed by atoms with Crippen LogP contribution in [0, 0.1) is 6.92 Å². The van der Waals surface area contributed by atoms with Gasteiger partial charge in [0.2, 0.25) is 0 Å². The number of morpholine rings is 1. The molecule has 2 rings (SSSR count). The van der Waals surface area contributed by atoms with Crippen molar-refractivity contribution in [1.29, 1.82) is 0 Å². The molecule has 6 heteroatoms. The second kappa shape index (κ2) is 4.44. The molecule has 0 spiro atoms. The molecule has 0 aliphatic carbocycles. The fourth-order valence-electron chi connectivity index (χ4n) is 1.66. The van der Waals surface area contributed by atoms with Crippen molar-refractivity contribution >= 4 is 11.8 Å². The molecule has 0 aromatic carbocycles. The highest BCUT2D eigenvalue weighted by Crippen LogP contribution is 2.16. The topological polar surface area (TPSA) is 75.5 Å². The predicted octanol–water partition coefficient (Wildman–Crippen LogP) is 0.320. The van der Waals surface area contributed by atoms with Gasteiger partial charge in [-0.2, -0.15) is 0 Å². The van der Waals surface area contributed by atoms with Gasteiger partial charge in [-0.3, -0.25) is 0 Å². The van der Waals surface area contributed by atoms with Gasteiger partial charge in [0.25, 0.3) is 0 Å². The fourth-order valence-corrected chi connectivity index (χ4v) is 1.66. The predicted molar refractivity (Wildman–Crippen MR) is 56.8 cm³/mol. The van der Waals surface area contributed by atoms with E-state index in [1.165, 1.54) is 6.20 Å². The molecule has 1 aromatic heterocycles. The zero-order valence-corrected chi connectivity index (χ0v) is 9.01. The Morgan fingerprint density at radius 1 is 1.50 bits per heavy atom. The summed E-state index contributed by atoms with van der Waals surface area (Å²) in [5.74, 6) is -0.308. The van der Waals surface area contributed by atoms with Crippen molar-refractivity contribution in [2.45, 2.75) is 6.92 Å². The van der Waals surface area contributed by atoms with E-state index in [0.29, 0.717) is 18.9 Å². The Morgan fingerprint density at radius 2 is 2.19 bits per heavy atom. The van der Waals surface area contributed by atoms with E-state index in [9.17, 15) is 4.79 Å². The first-order valence-electron chi connectivity index (χ1n) is 5.08. The largest absolute Gasteiger partial charge is 0.476 e. The van der Waals surface area contributed by atoms with E-state index < -0.39 is 5.97 Å². The maximum absolute atomic E-state index is 10.7. The van der Waals surface area contributed by atoms with Crippen molar-refractivity contribution in [2.24, 2.45) is 0 Å². The van der Waals surface area contributed by atoms with Crippen LogP contribution in [0.15, 0.2) is 6.20 Å². The standard InChI is InChI=1S/C10H13N3O3/c1-7-9(13-2-4-16-5-3-13)11-6-8(12-7)10(14)15/h6H,2-5H2,1H3,(H,14,15). The van der Waals surface area contributed by atoms with E-state index >= 15 is 0 Å². The van der Waals surface area contributed by atoms with E-state index in [-0.39, 0.29) is 5.69 Å². The van der Waals surface area contributed by atoms with Gasteiger partial charge in [-0.25, -0.2) is 14.8 Å². The molecule has 0 unspecified atom stereocenters. The number of hydrogen-bond acceptors (Lipinski definition) is 5. The molecule has 1 saturated heterocycles. The van der Waals surface area contributed by atoms with Crippen LogP contribution in [0.2, 0.25) is 0 Å². The monoisotopic (exact) mass is 223 g/mol. The van der Waals surface area contributed by atoms with Crippen LogP contribution in [0.3, 0.4) is 0 Å². The van der Waals surface area contributed by atoms with Crippen LogP contribution in [0.1, 0.15) is 16.2 Å². The summed E-state index contributed by atoms with van der Waals surface area (Å²) in [5, 5.41) is 8.77. The summed E-state index contributed by atoms with van der Waals surface area (Å²) in [7, 11) is 0. The SMILES string of the molecule is Cc1nc(C(=O)O)cnc1N1CCOCC1. The molecule has 0 atom stereocenters. The van der Waals surface area contributed by atoms with Crippen LogP contribution in [-0.4, -0.2) is 47.3 Å². The maximum atomic E-state index is 10.7. The van der Waals surface area contributed by atoms with E-state index in [1.807, 2.05) is 0 Å². The third-order valence-corrected chi connectivity index (χ3v) is 2.45. The second-order valence-corrected chi connectivity index (χ2v) is 3.57. The van der Waals surface area contributed by atoms with Crippen molar-refractivity contribution in [3.63, 3.8) is 0 Å². The smallest absolute Gasteiger partial charge is 0.356 e. The van der Waals surface area contributed by atoms with Gasteiger partial charge >= 0.3 is 5.97 Å². The van der Waals surface area contributed by atoms with Gasteiger partial charge in [0, 0.05) is 13.1 Å². The molecule has 1 aromatic rings. The van der Waals surface area contributed by atoms with Crippen LogP contribution < -0.4 is 4.90 Å². The number of ether oxygens (including phenoxy) is 1. The first-order valence-corrected chi connectivity index (χ1v) is 5.08. The number of anilines is 1. The first-order chi connectivity index (χ1) is 7.68. The lowest BCUT2D eigenvalue weighted by Crippen LogP contribution is -2.37. The molecule has 6 nitrogen and oxygen atoms in total. The van der Waals surface area contributed by atoms with E-state index in [4.69, 9.17) is 9.84 Å². The van der Waals surface area contributed by atoms with Crippen molar-refractivity contribution in [1.82, 2.24) is 9.97 Å². The fraction of sp³-hybridized carbons (Fsp3) is 0.500. The lowest BCUT2D eigenvalue weighted by atomic mass is 10.3. The average molecular weight is 223 g/mol. The summed E-state index contributed by atoms with van der Waals surface area (Å²) in [5.41, 5.74) is 0.622. The molecular formula is C10H13N3O3. The third-order valence-electron chi connectivity index (χ3n) is 2.45. The minimum absolute atomic E-state index is 0.0190. The Labute approximate surface area is 92.9 Å². The van der Waals surface area contributed by atoms with Crippen molar-refractivity contribution in [3.8, 4) is 0 Å². The number of rotatable bonds is 2. The van der Waals surface area contributed by atoms with Crippen LogP contribution in [-0.2, 0) is 4.74 Å². The molecule has 0 bridgehead atoms. The van der Waals surface area contributed by atoms with Crippen LogP contribution in [0.4, 0.5) is 5.82 Å². The highest BCUT2D eigenvalue weighted by molar-refractivity contribution is 5.85. The summed E-state index contributed by atoms with van der Waals surface area (Å²) < 4.78 is 5.24. The number of aromatic carboxylic acids is 1. The quantitative estimate of drug-likeness (QED) is 0.778. The van der Waals surface area contributed by atoms with Gasteiger partial charge in [-0.15, -0.1) is 0 Å². The highest BCUT2D eigenvalue weighted by Gasteiger charge is 2.16. The van der Waals surface area contributed by atoms with Crippen LogP contribution in [0.5, 0.6) is 0 Å². The van der Waals surface area contributed by atoms with E-state index in [0.717, 1.165) is 18.9 Å². The number of hydrogen-bond donors (Lipinski definition) is 1. The van der Waals surface area contributed by atoms with Crippen molar-refractivity contribution in [2.75, 3.05) is 31.2 Å². The van der Waals surface area contributed by atoms with Crippen molar-refractivity contribution < 1.29 is 14.6 Å². The molecular weight excluding hydrogens is 210 g/mol. The van der Waals surface area contributed by atoms with Gasteiger partial charge in [-0.1, -0.05) is 0 Å². The van der Waals surface area contributed by atoms with Crippen molar-refractivity contribution in [3.05, 3.63) is 17.6 Å². The summed E-state index contributed by atoms with van der Waals surface area (Å²) in [6, 6.07) is 0. The van der Waals surface area contributed by atoms with E-state index in [2.05, 4.69) is 14.9 Å². The summed E-state index contributed by atoms with van der Waals surface area (Å²) in [4.78, 5) is 20.9. The summed E-state index contributed by atoms with van der Waals surface area (Å²) in [6.45, 7) is 4.64. The summed E-state index contributed by atoms with van der Waals surface area (Å²) in [6.07, 6.45) is 1.29. The van der Waals surface area contributed by atoms with Gasteiger partial charge in [-0.05, 0) is 6.92 Å². The number of carboxylic acids is 1. The van der Waals surface area contributed by atoms with Crippen LogP contribution in [0.25, 0.3) is 0 Å². The Kier molecular flexibility index (Phi) is 3.00. The molecule has 1 fully saturated rings. The lowest BCUT2D eigenvalue weighted by Gasteiger charge is -2.28. The Morgan fingerprint density at radius 3 is 2.75 bits per heavy atom. The Bertz CT molecular complexity index is 402. The summed E-state index contributed by atoms with van der Waals surface area (Å²) >= 11 is 0. The van der Waals surface area contributed by atoms with Gasteiger partial charge in [0.05, 0.1) is 25.1 Å². The molecule has 2 heterocycles. The zero-order chi connectivity index (χ0) is 11.5. The first kappa shape index (κ1) is 10.8. The van der Waals surface area contributed by atoms with Gasteiger partial charge < -0.3 is 14.7 Å². The number of carbonyl (C=O) groups is 1. The molecule has 0 radical (unpaired) electrons. The minimum atomic E-state index is -1.05. The number of aryl methyl sites for hydroxylation is 1. The van der Waals surface area contributed by atoms with Crippen LogP contribution >= 0.6 is 0 Å². The minimum Gasteiger partial charge on any atom is -0.476 e. The molecule has 0 amide bonds. The molecule has 16 heavy (non-hydrogen) atoms. The second-order valence-electron chi connectivity index (χ2n) is 3.57. The molecule has 0 saturated carbocycles. The lowest BCUT2D eigenvalue weighted by molar-refractivity contribution is 0.0689. The molecule has 1 aliphatic rings. The molecule has 86 valence electrons. The highest BCUT2D eigenvalue weighted by atomic mass is 16.5. The Balaban J connectivity index is 2.24. The van der Waals surface area contributed by atoms with Gasteiger partial charge in [0.15, 0.2) is 5.69 Å². The number of aromatic nitrogens is 2. The molecule has 1 N–H and O–H groups in total. The number of nitrogens with zero attached hydrogens (tertiary/aromatic N) is 3. The normalized spacial score (nSPS) is 16.2. The maximum Gasteiger partial charge on any atom is 0.356 e. The van der Waals surface area contributed by atoms with E-state index in [1.54, 1.807) is 6.92 Å². The molecule has 1 aliphatic heterocycles. The Hall–Kier alpha value is -1.69. The van der Waals surface area contributed by atoms with Gasteiger partial charge in [0.1, 0.15) is 5.82 Å². The third kappa shape index (κ3) is 2.11. The number of carboxylic acid groups (broad SMARTS) is 1.